The van der Waals surface area contributed by atoms with E-state index in [2.05, 4.69) is 0 Å². The minimum atomic E-state index is -1.56. The predicted molar refractivity (Wildman–Crippen MR) is 66.4 cm³/mol. The molecule has 1 rings (SSSR count). The van der Waals surface area contributed by atoms with Gasteiger partial charge in [0.05, 0.1) is 5.60 Å². The van der Waals surface area contributed by atoms with Crippen molar-refractivity contribution in [3.63, 3.8) is 0 Å². The molecule has 1 unspecified atom stereocenters. The maximum absolute atomic E-state index is 10.7. The molecule has 18 heavy (non-hydrogen) atoms. The van der Waals surface area contributed by atoms with Gasteiger partial charge in [0, 0.05) is 6.42 Å². The third-order valence-electron chi connectivity index (χ3n) is 3.34. The Hall–Kier alpha value is 1.14. The largest absolute Gasteiger partial charge is 1.00 e. The Labute approximate surface area is 145 Å². The Morgan fingerprint density at radius 3 is 2.17 bits per heavy atom. The van der Waals surface area contributed by atoms with E-state index < -0.39 is 15.5 Å². The van der Waals surface area contributed by atoms with E-state index in [1.807, 2.05) is 0 Å². The number of carbonyl (C=O) groups is 1. The zero-order valence-corrected chi connectivity index (χ0v) is 14.9. The van der Waals surface area contributed by atoms with E-state index in [0.717, 1.165) is 32.1 Å². The molecule has 0 N–H and O–H groups in total. The van der Waals surface area contributed by atoms with Crippen molar-refractivity contribution in [3.8, 4) is 0 Å². The molecule has 1 fully saturated rings. The van der Waals surface area contributed by atoms with Gasteiger partial charge in [-0.1, -0.05) is 54.1 Å². The zero-order valence-electron chi connectivity index (χ0n) is 10.7. The number of halogens is 3. The maximum Gasteiger partial charge on any atom is 1.00 e. The van der Waals surface area contributed by atoms with Gasteiger partial charge in [0.15, 0.2) is 3.79 Å². The van der Waals surface area contributed by atoms with Gasteiger partial charge in [-0.05, 0) is 25.7 Å². The van der Waals surface area contributed by atoms with E-state index in [1.165, 1.54) is 0 Å². The number of hydrogen-bond acceptors (Lipinski definition) is 3. The summed E-state index contributed by atoms with van der Waals surface area (Å²) in [6.45, 7) is 1.68. The number of rotatable bonds is 3. The molecule has 0 amide bonds. The van der Waals surface area contributed by atoms with Crippen molar-refractivity contribution in [3.05, 3.63) is 0 Å². The second-order valence-corrected chi connectivity index (χ2v) is 7.31. The fourth-order valence-electron chi connectivity index (χ4n) is 2.57. The van der Waals surface area contributed by atoms with Gasteiger partial charge >= 0.3 is 29.6 Å². The first-order valence-electron chi connectivity index (χ1n) is 5.70. The second-order valence-electron chi connectivity index (χ2n) is 4.79. The van der Waals surface area contributed by atoms with Crippen LogP contribution in [0, 0.1) is 5.92 Å². The van der Waals surface area contributed by atoms with Crippen LogP contribution in [0.15, 0.2) is 0 Å². The smallest absolute Gasteiger partial charge is 0.543 e. The molecular formula is C11H16Cl3NaO3. The van der Waals surface area contributed by atoms with Crippen LogP contribution in [0.5, 0.6) is 0 Å². The second kappa shape index (κ2) is 7.80. The minimum absolute atomic E-state index is 0. The summed E-state index contributed by atoms with van der Waals surface area (Å²) < 4.78 is 3.38. The molecule has 0 aromatic heterocycles. The van der Waals surface area contributed by atoms with E-state index >= 15 is 0 Å². The van der Waals surface area contributed by atoms with Gasteiger partial charge in [0.25, 0.3) is 6.16 Å². The molecule has 0 heterocycles. The van der Waals surface area contributed by atoms with E-state index in [4.69, 9.17) is 39.5 Å². The molecule has 0 spiro atoms. The molecule has 0 radical (unpaired) electrons. The number of carboxylic acid groups (broad SMARTS) is 1. The number of ether oxygens (including phenoxy) is 1. The fourth-order valence-corrected chi connectivity index (χ4v) is 3.36. The predicted octanol–water partition coefficient (Wildman–Crippen LogP) is 0.450. The van der Waals surface area contributed by atoms with Crippen LogP contribution in [0.1, 0.15) is 45.4 Å². The van der Waals surface area contributed by atoms with Gasteiger partial charge in [0.1, 0.15) is 0 Å². The van der Waals surface area contributed by atoms with Crippen LogP contribution in [0.25, 0.3) is 0 Å². The van der Waals surface area contributed by atoms with Crippen LogP contribution in [-0.4, -0.2) is 15.5 Å². The third kappa shape index (κ3) is 6.53. The molecule has 100 valence electrons. The first-order chi connectivity index (χ1) is 7.73. The van der Waals surface area contributed by atoms with Crippen LogP contribution < -0.4 is 34.7 Å². The summed E-state index contributed by atoms with van der Waals surface area (Å²) >= 11 is 17.3. The summed E-state index contributed by atoms with van der Waals surface area (Å²) in [5.74, 6) is 0.0878. The van der Waals surface area contributed by atoms with E-state index in [9.17, 15) is 9.90 Å². The average molecular weight is 326 g/mol. The van der Waals surface area contributed by atoms with Gasteiger partial charge in [-0.25, -0.2) is 0 Å². The first kappa shape index (κ1) is 19.1. The van der Waals surface area contributed by atoms with Crippen LogP contribution in [-0.2, 0) is 4.74 Å². The fraction of sp³-hybridized carbons (Fsp3) is 0.909. The van der Waals surface area contributed by atoms with E-state index in [1.54, 1.807) is 6.92 Å². The van der Waals surface area contributed by atoms with Gasteiger partial charge in [0.2, 0.25) is 0 Å². The summed E-state index contributed by atoms with van der Waals surface area (Å²) in [6.07, 6.45) is 3.53. The van der Waals surface area contributed by atoms with Crippen LogP contribution in [0.2, 0.25) is 0 Å². The third-order valence-corrected chi connectivity index (χ3v) is 3.74. The Kier molecular flexibility index (Phi) is 8.29. The molecule has 7 heteroatoms. The van der Waals surface area contributed by atoms with E-state index in [-0.39, 0.29) is 41.9 Å². The molecule has 0 aromatic rings. The Balaban J connectivity index is 0.00000289. The SMILES string of the molecule is CC(CC(Cl)(Cl)Cl)(OC(=O)[O-])C1CCCCC1.[Na+]. The molecule has 1 aliphatic carbocycles. The van der Waals surface area contributed by atoms with Crippen molar-refractivity contribution < 1.29 is 44.2 Å². The van der Waals surface area contributed by atoms with Crippen molar-refractivity contribution >= 4 is 41.0 Å². The molecule has 1 aliphatic rings. The van der Waals surface area contributed by atoms with Crippen LogP contribution in [0.4, 0.5) is 4.79 Å². The molecule has 1 atom stereocenters. The summed E-state index contributed by atoms with van der Waals surface area (Å²) in [7, 11) is 0. The average Bonchev–Trinajstić information content (AvgIpc) is 2.14. The molecule has 0 saturated heterocycles. The Morgan fingerprint density at radius 1 is 1.28 bits per heavy atom. The topological polar surface area (TPSA) is 49.4 Å². The Morgan fingerprint density at radius 2 is 1.78 bits per heavy atom. The van der Waals surface area contributed by atoms with Gasteiger partial charge in [-0.2, -0.15) is 0 Å². The van der Waals surface area contributed by atoms with Crippen molar-refractivity contribution in [2.45, 2.75) is 54.8 Å². The molecule has 3 nitrogen and oxygen atoms in total. The normalized spacial score (nSPS) is 20.7. The minimum Gasteiger partial charge on any atom is -0.543 e. The van der Waals surface area contributed by atoms with Crippen molar-refractivity contribution in [1.82, 2.24) is 0 Å². The monoisotopic (exact) mass is 324 g/mol. The number of alkyl halides is 3. The quantitative estimate of drug-likeness (QED) is 0.430. The summed E-state index contributed by atoms with van der Waals surface area (Å²) in [5, 5.41) is 10.7. The Bertz CT molecular complexity index is 277. The summed E-state index contributed by atoms with van der Waals surface area (Å²) in [6, 6.07) is 0. The van der Waals surface area contributed by atoms with Gasteiger partial charge in [-0.15, -0.1) is 0 Å². The molecule has 0 aromatic carbocycles. The van der Waals surface area contributed by atoms with Crippen molar-refractivity contribution in [2.75, 3.05) is 0 Å². The summed E-state index contributed by atoms with van der Waals surface area (Å²) in [5.41, 5.74) is -0.982. The first-order valence-corrected chi connectivity index (χ1v) is 6.83. The zero-order chi connectivity index (χ0) is 13.1. The number of hydrogen-bond donors (Lipinski definition) is 0. The summed E-state index contributed by atoms with van der Waals surface area (Å²) in [4.78, 5) is 10.7. The van der Waals surface area contributed by atoms with Crippen molar-refractivity contribution in [1.29, 1.82) is 0 Å². The van der Waals surface area contributed by atoms with Crippen molar-refractivity contribution in [2.24, 2.45) is 5.92 Å². The van der Waals surface area contributed by atoms with Crippen LogP contribution in [0.3, 0.4) is 0 Å². The van der Waals surface area contributed by atoms with Gasteiger partial charge in [-0.3, -0.25) is 0 Å². The van der Waals surface area contributed by atoms with E-state index in [0.29, 0.717) is 0 Å². The molecule has 0 aliphatic heterocycles. The molecular weight excluding hydrogens is 309 g/mol. The molecule has 0 bridgehead atoms. The molecule has 1 saturated carbocycles. The maximum atomic E-state index is 10.7. The van der Waals surface area contributed by atoms with Gasteiger partial charge < -0.3 is 14.6 Å². The van der Waals surface area contributed by atoms with Crippen LogP contribution >= 0.6 is 34.8 Å². The standard InChI is InChI=1S/C11H17Cl3O3.Na/c1-10(17-9(15)16,7-11(12,13)14)8-5-3-2-4-6-8;/h8H,2-7H2,1H3,(H,15,16);/q;+1/p-1. The number of carbonyl (C=O) groups excluding carboxylic acids is 1.